The van der Waals surface area contributed by atoms with Crippen molar-refractivity contribution in [3.8, 4) is 0 Å². The van der Waals surface area contributed by atoms with Crippen molar-refractivity contribution in [2.45, 2.75) is 11.0 Å². The first-order chi connectivity index (χ1) is 13.1. The molecule has 0 aliphatic rings. The van der Waals surface area contributed by atoms with Crippen LogP contribution in [0.3, 0.4) is 0 Å². The van der Waals surface area contributed by atoms with Crippen LogP contribution in [0.1, 0.15) is 16.7 Å². The number of alkyl halides is 1. The number of Topliss-reactive ketones (excluding diaryl/α,β-unsaturated/α-hetero) is 1. The zero-order chi connectivity index (χ0) is 19.3. The van der Waals surface area contributed by atoms with Gasteiger partial charge in [-0.15, -0.1) is 0 Å². The molecule has 0 bridgehead atoms. The van der Waals surface area contributed by atoms with Crippen molar-refractivity contribution in [1.82, 2.24) is 0 Å². The van der Waals surface area contributed by atoms with Crippen LogP contribution >= 0.6 is 28.6 Å². The minimum Gasteiger partial charge on any atom is -0.317 e. The van der Waals surface area contributed by atoms with Gasteiger partial charge in [0.25, 0.3) is 0 Å². The van der Waals surface area contributed by atoms with Crippen molar-refractivity contribution in [3.63, 3.8) is 0 Å². The maximum Gasteiger partial charge on any atom is 0.165 e. The number of benzene rings is 3. The lowest BCUT2D eigenvalue weighted by Gasteiger charge is -2.48. The van der Waals surface area contributed by atoms with E-state index in [0.717, 1.165) is 16.7 Å². The van der Waals surface area contributed by atoms with E-state index >= 15 is 0 Å². The second-order valence-corrected chi connectivity index (χ2v) is 7.41. The molecule has 0 spiro atoms. The summed E-state index contributed by atoms with van der Waals surface area (Å²) in [4.78, 5) is 13.2. The van der Waals surface area contributed by atoms with Crippen LogP contribution in [0.15, 0.2) is 91.0 Å². The summed E-state index contributed by atoms with van der Waals surface area (Å²) < 4.78 is 0. The zero-order valence-corrected chi connectivity index (χ0v) is 17.4. The Morgan fingerprint density at radius 2 is 1.11 bits per heavy atom. The number of halogens is 1. The van der Waals surface area contributed by atoms with E-state index in [1.165, 1.54) is 0 Å². The monoisotopic (exact) mass is 439 g/mol. The Kier molecular flexibility index (Phi) is 6.20. The Morgan fingerprint density at radius 1 is 0.778 bits per heavy atom. The van der Waals surface area contributed by atoms with Crippen LogP contribution in [0.2, 0.25) is 0 Å². The van der Waals surface area contributed by atoms with E-state index in [4.69, 9.17) is 5.73 Å². The van der Waals surface area contributed by atoms with Gasteiger partial charge < -0.3 is 5.73 Å². The highest BCUT2D eigenvalue weighted by Gasteiger charge is 2.55. The predicted molar refractivity (Wildman–Crippen MR) is 119 cm³/mol. The molecule has 0 radical (unpaired) electrons. The Balaban J connectivity index is 2.49. The smallest absolute Gasteiger partial charge is 0.165 e. The largest absolute Gasteiger partial charge is 0.317 e. The van der Waals surface area contributed by atoms with Gasteiger partial charge in [0.15, 0.2) is 5.78 Å². The molecule has 0 fully saturated rings. The standard InChI is InChI=1S/C23H22BrNOS/c24-16-21(26)22(25,17-27)23(18-10-4-1-5-11-18,19-12-6-2-7-13-19)20-14-8-3-9-15-20/h1-15,27H,16-17,25H2. The number of hydrogen-bond acceptors (Lipinski definition) is 3. The summed E-state index contributed by atoms with van der Waals surface area (Å²) in [5, 5.41) is 0.165. The zero-order valence-electron chi connectivity index (χ0n) is 14.9. The second kappa shape index (κ2) is 8.42. The molecule has 27 heavy (non-hydrogen) atoms. The van der Waals surface area contributed by atoms with Crippen LogP contribution in [-0.4, -0.2) is 22.4 Å². The summed E-state index contributed by atoms with van der Waals surface area (Å²) in [6.07, 6.45) is 0. The molecule has 0 aliphatic carbocycles. The predicted octanol–water partition coefficient (Wildman–Crippen LogP) is 4.61. The summed E-state index contributed by atoms with van der Waals surface area (Å²) in [7, 11) is 0. The van der Waals surface area contributed by atoms with Gasteiger partial charge in [-0.1, -0.05) is 107 Å². The number of thiol groups is 1. The van der Waals surface area contributed by atoms with Gasteiger partial charge in [0.1, 0.15) is 5.54 Å². The van der Waals surface area contributed by atoms with Crippen molar-refractivity contribution in [1.29, 1.82) is 0 Å². The molecular weight excluding hydrogens is 418 g/mol. The lowest BCUT2D eigenvalue weighted by Crippen LogP contribution is -2.66. The molecule has 1 atom stereocenters. The molecule has 0 heterocycles. The van der Waals surface area contributed by atoms with E-state index in [-0.39, 0.29) is 16.9 Å². The van der Waals surface area contributed by atoms with E-state index in [0.29, 0.717) is 0 Å². The van der Waals surface area contributed by atoms with Gasteiger partial charge in [-0.25, -0.2) is 0 Å². The number of nitrogens with two attached hydrogens (primary N) is 1. The third-order valence-electron chi connectivity index (χ3n) is 5.16. The molecule has 0 saturated heterocycles. The molecule has 0 amide bonds. The highest BCUT2D eigenvalue weighted by Crippen LogP contribution is 2.47. The number of carbonyl (C=O) groups is 1. The third-order valence-corrected chi connectivity index (χ3v) is 6.17. The molecular formula is C23H22BrNOS. The summed E-state index contributed by atoms with van der Waals surface area (Å²) in [6.45, 7) is 0. The maximum absolute atomic E-state index is 13.2. The van der Waals surface area contributed by atoms with Crippen LogP contribution in [0.5, 0.6) is 0 Å². The lowest BCUT2D eigenvalue weighted by atomic mass is 9.57. The molecule has 0 aromatic heterocycles. The van der Waals surface area contributed by atoms with Gasteiger partial charge in [-0.3, -0.25) is 4.79 Å². The quantitative estimate of drug-likeness (QED) is 0.320. The first-order valence-electron chi connectivity index (χ1n) is 8.77. The SMILES string of the molecule is NC(CS)(C(=O)CBr)C(c1ccccc1)(c1ccccc1)c1ccccc1. The fourth-order valence-corrected chi connectivity index (χ4v) is 4.79. The Labute approximate surface area is 174 Å². The fourth-order valence-electron chi connectivity index (χ4n) is 3.87. The van der Waals surface area contributed by atoms with Gasteiger partial charge in [0.05, 0.1) is 10.7 Å². The molecule has 3 aromatic rings. The van der Waals surface area contributed by atoms with Crippen molar-refractivity contribution in [2.24, 2.45) is 5.73 Å². The third kappa shape index (κ3) is 3.27. The van der Waals surface area contributed by atoms with E-state index in [1.807, 2.05) is 91.0 Å². The summed E-state index contributed by atoms with van der Waals surface area (Å²) in [5.74, 6) is 0.116. The molecule has 3 aromatic carbocycles. The van der Waals surface area contributed by atoms with Crippen LogP contribution in [0.4, 0.5) is 0 Å². The van der Waals surface area contributed by atoms with E-state index in [1.54, 1.807) is 0 Å². The van der Waals surface area contributed by atoms with Gasteiger partial charge in [-0.2, -0.15) is 12.6 Å². The van der Waals surface area contributed by atoms with Crippen molar-refractivity contribution in [2.75, 3.05) is 11.1 Å². The van der Waals surface area contributed by atoms with Gasteiger partial charge in [-0.05, 0) is 16.7 Å². The molecule has 2 nitrogen and oxygen atoms in total. The highest BCUT2D eigenvalue weighted by atomic mass is 79.9. The van der Waals surface area contributed by atoms with Gasteiger partial charge in [0.2, 0.25) is 0 Å². The van der Waals surface area contributed by atoms with Crippen LogP contribution in [0, 0.1) is 0 Å². The number of ketones is 1. The number of hydrogen-bond donors (Lipinski definition) is 2. The number of carbonyl (C=O) groups excluding carboxylic acids is 1. The average Bonchev–Trinajstić information content (AvgIpc) is 2.75. The van der Waals surface area contributed by atoms with Crippen LogP contribution in [-0.2, 0) is 10.2 Å². The Bertz CT molecular complexity index is 789. The molecule has 0 saturated carbocycles. The van der Waals surface area contributed by atoms with Gasteiger partial charge >= 0.3 is 0 Å². The minimum absolute atomic E-state index is 0.0888. The topological polar surface area (TPSA) is 43.1 Å². The normalized spacial score (nSPS) is 13.7. The molecule has 3 rings (SSSR count). The maximum atomic E-state index is 13.2. The molecule has 1 unspecified atom stereocenters. The number of rotatable bonds is 7. The summed E-state index contributed by atoms with van der Waals surface area (Å²) in [5.41, 5.74) is 7.75. The minimum atomic E-state index is -1.25. The van der Waals surface area contributed by atoms with E-state index in [9.17, 15) is 4.79 Å². The molecule has 0 aliphatic heterocycles. The van der Waals surface area contributed by atoms with Crippen LogP contribution in [0.25, 0.3) is 0 Å². The Hall–Kier alpha value is -1.88. The van der Waals surface area contributed by atoms with E-state index in [2.05, 4.69) is 28.6 Å². The molecule has 138 valence electrons. The first-order valence-corrected chi connectivity index (χ1v) is 10.5. The Morgan fingerprint density at radius 3 is 1.37 bits per heavy atom. The van der Waals surface area contributed by atoms with Crippen LogP contribution < -0.4 is 5.73 Å². The molecule has 2 N–H and O–H groups in total. The lowest BCUT2D eigenvalue weighted by molar-refractivity contribution is -0.122. The first kappa shape index (κ1) is 19.9. The second-order valence-electron chi connectivity index (χ2n) is 6.53. The van der Waals surface area contributed by atoms with Crippen molar-refractivity contribution in [3.05, 3.63) is 108 Å². The molecule has 4 heteroatoms. The van der Waals surface area contributed by atoms with Crippen molar-refractivity contribution >= 4 is 34.3 Å². The van der Waals surface area contributed by atoms with Gasteiger partial charge in [0, 0.05) is 5.75 Å². The van der Waals surface area contributed by atoms with E-state index < -0.39 is 11.0 Å². The summed E-state index contributed by atoms with van der Waals surface area (Å²) >= 11 is 7.91. The average molecular weight is 440 g/mol. The highest BCUT2D eigenvalue weighted by molar-refractivity contribution is 9.09. The van der Waals surface area contributed by atoms with Crippen molar-refractivity contribution < 1.29 is 4.79 Å². The fraction of sp³-hybridized carbons (Fsp3) is 0.174. The summed E-state index contributed by atoms with van der Waals surface area (Å²) in [6, 6.07) is 30.0.